The second-order valence-electron chi connectivity index (χ2n) is 16.6. The fourth-order valence-corrected chi connectivity index (χ4v) is 10.3. The molecule has 0 saturated heterocycles. The van der Waals surface area contributed by atoms with Crippen molar-refractivity contribution in [3.05, 3.63) is 217 Å². The first-order valence-corrected chi connectivity index (χ1v) is 22.3. The van der Waals surface area contributed by atoms with Gasteiger partial charge in [-0.25, -0.2) is 9.97 Å². The van der Waals surface area contributed by atoms with E-state index < -0.39 is 0 Å². The zero-order valence-corrected chi connectivity index (χ0v) is 36.5. The van der Waals surface area contributed by atoms with Crippen LogP contribution in [0.4, 0.5) is 34.4 Å². The third-order valence-corrected chi connectivity index (χ3v) is 13.3. The number of aromatic nitrogens is 2. The minimum atomic E-state index is 0.889. The van der Waals surface area contributed by atoms with Gasteiger partial charge in [-0.3, -0.25) is 9.80 Å². The second-order valence-corrected chi connectivity index (χ2v) is 17.6. The zero-order valence-electron chi connectivity index (χ0n) is 35.7. The maximum absolute atomic E-state index is 5.26. The highest BCUT2D eigenvalue weighted by atomic mass is 32.1. The lowest BCUT2D eigenvalue weighted by atomic mass is 9.97. The lowest BCUT2D eigenvalue weighted by Gasteiger charge is -2.28. The Morgan fingerprint density at radius 1 is 0.381 bits per heavy atom. The third kappa shape index (κ3) is 6.78. The van der Waals surface area contributed by atoms with E-state index in [9.17, 15) is 0 Å². The SMILES string of the molecule is Cc1ccc(-c2cc(C)cnc2N(c2ccccc2)c2cc3c(sc4cc(N(c5ccccc5)c5ncc(C)cc5-c5ccc(C)cc5)c5ccccc5c43)c3ccccc23)cc1. The summed E-state index contributed by atoms with van der Waals surface area (Å²) in [4.78, 5) is 15.2. The highest BCUT2D eigenvalue weighted by Gasteiger charge is 2.26. The van der Waals surface area contributed by atoms with Crippen LogP contribution in [0.5, 0.6) is 0 Å². The molecule has 3 heterocycles. The third-order valence-electron chi connectivity index (χ3n) is 12.1. The van der Waals surface area contributed by atoms with Crippen LogP contribution in [0.2, 0.25) is 0 Å². The Kier molecular flexibility index (Phi) is 9.55. The van der Waals surface area contributed by atoms with Crippen LogP contribution >= 0.6 is 11.3 Å². The molecule has 0 saturated carbocycles. The summed E-state index contributed by atoms with van der Waals surface area (Å²) in [5.74, 6) is 1.78. The minimum Gasteiger partial charge on any atom is -0.294 e. The first-order valence-electron chi connectivity index (χ1n) is 21.5. The largest absolute Gasteiger partial charge is 0.294 e. The van der Waals surface area contributed by atoms with E-state index in [1.807, 2.05) is 23.7 Å². The highest BCUT2D eigenvalue weighted by Crippen LogP contribution is 2.52. The standard InChI is InChI=1S/C58H44N4S/c1-37-23-27-41(28-24-37)49-31-39(3)35-59-57(49)61(43-15-7-5-8-16-43)52-33-51-55-47-21-13-11-19-45(47)53(34-54(55)63-56(51)48-22-14-12-20-46(48)52)62(44-17-9-6-10-18-44)58-50(32-40(4)36-60-58)42-29-25-38(2)26-30-42/h5-36H,1-4H3. The molecule has 0 bridgehead atoms. The number of anilines is 6. The van der Waals surface area contributed by atoms with Crippen molar-refractivity contribution in [3.8, 4) is 22.3 Å². The van der Waals surface area contributed by atoms with E-state index >= 15 is 0 Å². The van der Waals surface area contributed by atoms with Gasteiger partial charge in [0, 0.05) is 71.2 Å². The van der Waals surface area contributed by atoms with E-state index in [0.29, 0.717) is 0 Å². The van der Waals surface area contributed by atoms with Gasteiger partial charge in [0.15, 0.2) is 0 Å². The van der Waals surface area contributed by atoms with E-state index in [2.05, 4.69) is 219 Å². The molecule has 4 nitrogen and oxygen atoms in total. The smallest absolute Gasteiger partial charge is 0.145 e. The summed E-state index contributed by atoms with van der Waals surface area (Å²) < 4.78 is 2.47. The fourth-order valence-electron chi connectivity index (χ4n) is 9.07. The molecule has 0 unspecified atom stereocenters. The molecule has 0 amide bonds. The summed E-state index contributed by atoms with van der Waals surface area (Å²) in [6.07, 6.45) is 3.98. The zero-order chi connectivity index (χ0) is 42.6. The van der Waals surface area contributed by atoms with Gasteiger partial charge in [0.2, 0.25) is 0 Å². The summed E-state index contributed by atoms with van der Waals surface area (Å²) in [7, 11) is 0. The van der Waals surface area contributed by atoms with Gasteiger partial charge in [0.25, 0.3) is 0 Å². The van der Waals surface area contributed by atoms with E-state index in [1.165, 1.54) is 47.5 Å². The van der Waals surface area contributed by atoms with Crippen molar-refractivity contribution in [2.75, 3.05) is 9.80 Å². The second kappa shape index (κ2) is 15.7. The van der Waals surface area contributed by atoms with Crippen LogP contribution in [-0.2, 0) is 0 Å². The molecular formula is C58H44N4S. The molecule has 11 aromatic rings. The van der Waals surface area contributed by atoms with Gasteiger partial charge >= 0.3 is 0 Å². The summed E-state index contributed by atoms with van der Waals surface area (Å²) in [5.41, 5.74) is 13.4. The maximum Gasteiger partial charge on any atom is 0.145 e. The molecule has 11 rings (SSSR count). The molecule has 0 N–H and O–H groups in total. The van der Waals surface area contributed by atoms with Gasteiger partial charge in [-0.1, -0.05) is 145 Å². The average Bonchev–Trinajstić information content (AvgIpc) is 3.70. The van der Waals surface area contributed by atoms with Crippen molar-refractivity contribution in [2.24, 2.45) is 0 Å². The van der Waals surface area contributed by atoms with Crippen molar-refractivity contribution in [1.82, 2.24) is 9.97 Å². The summed E-state index contributed by atoms with van der Waals surface area (Å²) in [6.45, 7) is 8.51. The van der Waals surface area contributed by atoms with E-state index in [-0.39, 0.29) is 0 Å². The lowest BCUT2D eigenvalue weighted by molar-refractivity contribution is 1.17. The molecule has 0 aliphatic heterocycles. The number of thiophene rings is 1. The van der Waals surface area contributed by atoms with Gasteiger partial charge in [-0.05, 0) is 104 Å². The number of hydrogen-bond donors (Lipinski definition) is 0. The van der Waals surface area contributed by atoms with Gasteiger partial charge < -0.3 is 0 Å². The van der Waals surface area contributed by atoms with Crippen LogP contribution < -0.4 is 9.80 Å². The summed E-state index contributed by atoms with van der Waals surface area (Å²) in [6, 6.07) is 66.1. The monoisotopic (exact) mass is 828 g/mol. The van der Waals surface area contributed by atoms with Crippen LogP contribution in [0, 0.1) is 27.7 Å². The van der Waals surface area contributed by atoms with Crippen molar-refractivity contribution in [2.45, 2.75) is 27.7 Å². The summed E-state index contributed by atoms with van der Waals surface area (Å²) in [5, 5.41) is 7.19. The van der Waals surface area contributed by atoms with E-state index in [0.717, 1.165) is 73.2 Å². The Labute approximate surface area is 372 Å². The van der Waals surface area contributed by atoms with E-state index in [4.69, 9.17) is 9.97 Å². The number of fused-ring (bicyclic) bond motifs is 7. The normalized spacial score (nSPS) is 11.5. The van der Waals surface area contributed by atoms with Gasteiger partial charge in [-0.2, -0.15) is 0 Å². The van der Waals surface area contributed by atoms with Crippen molar-refractivity contribution in [1.29, 1.82) is 0 Å². The van der Waals surface area contributed by atoms with Crippen LogP contribution in [-0.4, -0.2) is 9.97 Å². The Morgan fingerprint density at radius 3 is 1.32 bits per heavy atom. The van der Waals surface area contributed by atoms with E-state index in [1.54, 1.807) is 0 Å². The first kappa shape index (κ1) is 38.3. The van der Waals surface area contributed by atoms with Crippen LogP contribution in [0.15, 0.2) is 194 Å². The van der Waals surface area contributed by atoms with Crippen molar-refractivity contribution < 1.29 is 0 Å². The quantitative estimate of drug-likeness (QED) is 0.153. The van der Waals surface area contributed by atoms with Crippen LogP contribution in [0.3, 0.4) is 0 Å². The predicted molar refractivity (Wildman–Crippen MR) is 269 cm³/mol. The Morgan fingerprint density at radius 2 is 0.810 bits per heavy atom. The Bertz CT molecular complexity index is 3490. The number of nitrogens with zero attached hydrogens (tertiary/aromatic N) is 4. The van der Waals surface area contributed by atoms with Crippen molar-refractivity contribution in [3.63, 3.8) is 0 Å². The number of pyridine rings is 2. The first-order chi connectivity index (χ1) is 30.9. The lowest BCUT2D eigenvalue weighted by Crippen LogP contribution is -2.14. The summed E-state index contributed by atoms with van der Waals surface area (Å²) >= 11 is 1.87. The molecular weight excluding hydrogens is 785 g/mol. The van der Waals surface area contributed by atoms with Crippen molar-refractivity contribution >= 4 is 87.4 Å². The molecule has 302 valence electrons. The van der Waals surface area contributed by atoms with Crippen LogP contribution in [0.25, 0.3) is 64.0 Å². The minimum absolute atomic E-state index is 0.889. The number of hydrogen-bond acceptors (Lipinski definition) is 5. The molecule has 0 spiro atoms. The number of rotatable bonds is 8. The molecule has 8 aromatic carbocycles. The molecule has 3 aromatic heterocycles. The molecule has 63 heavy (non-hydrogen) atoms. The Balaban J connectivity index is 1.21. The Hall–Kier alpha value is -7.60. The number of para-hydroxylation sites is 2. The highest BCUT2D eigenvalue weighted by molar-refractivity contribution is 7.27. The predicted octanol–water partition coefficient (Wildman–Crippen LogP) is 16.7. The number of benzene rings is 8. The topological polar surface area (TPSA) is 32.3 Å². The van der Waals surface area contributed by atoms with Gasteiger partial charge in [-0.15, -0.1) is 11.3 Å². The maximum atomic E-state index is 5.26. The average molecular weight is 829 g/mol. The molecule has 5 heteroatoms. The van der Waals surface area contributed by atoms with Gasteiger partial charge in [0.1, 0.15) is 11.6 Å². The molecule has 0 atom stereocenters. The van der Waals surface area contributed by atoms with Gasteiger partial charge in [0.05, 0.1) is 11.4 Å². The van der Waals surface area contributed by atoms with Crippen LogP contribution in [0.1, 0.15) is 22.3 Å². The fraction of sp³-hybridized carbons (Fsp3) is 0.0690. The molecule has 0 aliphatic carbocycles. The number of aryl methyl sites for hydroxylation is 4. The molecule has 0 aliphatic rings. The molecule has 0 fully saturated rings. The molecule has 0 radical (unpaired) electrons.